The summed E-state index contributed by atoms with van der Waals surface area (Å²) in [5.74, 6) is 0.770. The van der Waals surface area contributed by atoms with E-state index in [2.05, 4.69) is 11.4 Å². The topological polar surface area (TPSA) is 89.0 Å². The summed E-state index contributed by atoms with van der Waals surface area (Å²) in [7, 11) is 1.65. The third kappa shape index (κ3) is 5.44. The molecule has 0 bridgehead atoms. The van der Waals surface area contributed by atoms with E-state index in [0.29, 0.717) is 37.7 Å². The van der Waals surface area contributed by atoms with Crippen LogP contribution in [0.15, 0.2) is 70.4 Å². The first-order chi connectivity index (χ1) is 17.5. The van der Waals surface area contributed by atoms with Crippen LogP contribution in [0.1, 0.15) is 48.8 Å². The van der Waals surface area contributed by atoms with Gasteiger partial charge in [-0.3, -0.25) is 13.9 Å². The fraction of sp³-hybridized carbons (Fsp3) is 0.414. The molecule has 1 aliphatic carbocycles. The molecule has 0 atom stereocenters. The van der Waals surface area contributed by atoms with E-state index in [9.17, 15) is 14.9 Å². The second-order valence-corrected chi connectivity index (χ2v) is 9.64. The van der Waals surface area contributed by atoms with E-state index < -0.39 is 5.41 Å². The maximum atomic E-state index is 13.0. The maximum Gasteiger partial charge on any atom is 0.331 e. The summed E-state index contributed by atoms with van der Waals surface area (Å²) < 4.78 is 8.48. The number of benzene rings is 2. The molecular weight excluding hydrogens is 452 g/mol. The number of nitrogens with zero attached hydrogens (tertiary/aromatic N) is 3. The standard InChI is InChI=1S/C29H34N4O3/c1-22-19-32(20-23-9-4-3-5-10-23)28(35)33(27(22)34)18-8-17-31-24-13-15-29(21-30,16-14-24)25-11-6-7-12-26(25)36-2/h3-7,9-12,19,24,31H,8,13-18,20H2,1-2H3/t24-,29-. The van der Waals surface area contributed by atoms with Gasteiger partial charge in [-0.15, -0.1) is 0 Å². The molecule has 1 fully saturated rings. The molecule has 7 nitrogen and oxygen atoms in total. The van der Waals surface area contributed by atoms with Crippen LogP contribution in [0.5, 0.6) is 5.75 Å². The Labute approximate surface area is 212 Å². The monoisotopic (exact) mass is 486 g/mol. The molecule has 188 valence electrons. The Balaban J connectivity index is 1.34. The fourth-order valence-corrected chi connectivity index (χ4v) is 5.23. The van der Waals surface area contributed by atoms with Crippen molar-refractivity contribution in [2.24, 2.45) is 0 Å². The van der Waals surface area contributed by atoms with E-state index >= 15 is 0 Å². The minimum atomic E-state index is -0.524. The minimum Gasteiger partial charge on any atom is -0.496 e. The molecule has 4 rings (SSSR count). The highest BCUT2D eigenvalue weighted by atomic mass is 16.5. The Kier molecular flexibility index (Phi) is 8.07. The average molecular weight is 487 g/mol. The average Bonchev–Trinajstić information content (AvgIpc) is 2.92. The summed E-state index contributed by atoms with van der Waals surface area (Å²) >= 11 is 0. The van der Waals surface area contributed by atoms with Gasteiger partial charge in [-0.25, -0.2) is 4.79 Å². The van der Waals surface area contributed by atoms with Crippen molar-refractivity contribution < 1.29 is 4.74 Å². The van der Waals surface area contributed by atoms with E-state index in [1.165, 1.54) is 4.57 Å². The summed E-state index contributed by atoms with van der Waals surface area (Å²) in [5, 5.41) is 13.6. The number of nitrogens with one attached hydrogen (secondary N) is 1. The zero-order valence-electron chi connectivity index (χ0n) is 21.1. The van der Waals surface area contributed by atoms with Crippen LogP contribution in [0.4, 0.5) is 0 Å². The van der Waals surface area contributed by atoms with Crippen LogP contribution < -0.4 is 21.3 Å². The number of aromatic nitrogens is 2. The number of aryl methyl sites for hydroxylation is 1. The Morgan fingerprint density at radius 2 is 1.78 bits per heavy atom. The van der Waals surface area contributed by atoms with E-state index in [4.69, 9.17) is 4.74 Å². The zero-order valence-corrected chi connectivity index (χ0v) is 21.1. The molecule has 1 aromatic heterocycles. The van der Waals surface area contributed by atoms with Crippen molar-refractivity contribution in [1.29, 1.82) is 5.26 Å². The molecule has 1 saturated carbocycles. The van der Waals surface area contributed by atoms with Gasteiger partial charge in [0, 0.05) is 29.9 Å². The zero-order chi connectivity index (χ0) is 25.5. The molecule has 1 heterocycles. The molecule has 0 aliphatic heterocycles. The molecule has 0 spiro atoms. The first-order valence-electron chi connectivity index (χ1n) is 12.6. The van der Waals surface area contributed by atoms with Crippen molar-refractivity contribution in [3.8, 4) is 11.8 Å². The van der Waals surface area contributed by atoms with E-state index in [1.807, 2.05) is 54.6 Å². The summed E-state index contributed by atoms with van der Waals surface area (Å²) in [4.78, 5) is 25.7. The van der Waals surface area contributed by atoms with Crippen molar-refractivity contribution >= 4 is 0 Å². The third-order valence-corrected chi connectivity index (χ3v) is 7.27. The summed E-state index contributed by atoms with van der Waals surface area (Å²) in [5.41, 5.74) is 1.53. The Hall–Kier alpha value is -3.63. The van der Waals surface area contributed by atoms with E-state index in [1.54, 1.807) is 24.8 Å². The van der Waals surface area contributed by atoms with Gasteiger partial charge in [-0.1, -0.05) is 48.5 Å². The quantitative estimate of drug-likeness (QED) is 0.465. The molecule has 0 radical (unpaired) electrons. The number of methoxy groups -OCH3 is 1. The van der Waals surface area contributed by atoms with Crippen LogP contribution in [0, 0.1) is 18.3 Å². The fourth-order valence-electron chi connectivity index (χ4n) is 5.23. The summed E-state index contributed by atoms with van der Waals surface area (Å²) in [6, 6.07) is 20.5. The normalized spacial score (nSPS) is 19.5. The van der Waals surface area contributed by atoms with Crippen LogP contribution in [-0.2, 0) is 18.5 Å². The predicted molar refractivity (Wildman–Crippen MR) is 140 cm³/mol. The highest BCUT2D eigenvalue weighted by Gasteiger charge is 2.38. The van der Waals surface area contributed by atoms with E-state index in [0.717, 1.165) is 42.6 Å². The van der Waals surface area contributed by atoms with Gasteiger partial charge in [0.15, 0.2) is 0 Å². The first kappa shape index (κ1) is 25.5. The van der Waals surface area contributed by atoms with Crippen LogP contribution in [0.25, 0.3) is 0 Å². The van der Waals surface area contributed by atoms with Crippen LogP contribution >= 0.6 is 0 Å². The van der Waals surface area contributed by atoms with Gasteiger partial charge < -0.3 is 10.1 Å². The summed E-state index contributed by atoms with van der Waals surface area (Å²) in [6.45, 7) is 3.27. The van der Waals surface area contributed by atoms with Gasteiger partial charge in [0.25, 0.3) is 5.56 Å². The molecule has 3 aromatic rings. The van der Waals surface area contributed by atoms with Gasteiger partial charge in [-0.2, -0.15) is 5.26 Å². The molecule has 2 aromatic carbocycles. The largest absolute Gasteiger partial charge is 0.496 e. The number of hydrogen-bond donors (Lipinski definition) is 1. The van der Waals surface area contributed by atoms with Crippen LogP contribution in [0.3, 0.4) is 0 Å². The highest BCUT2D eigenvalue weighted by Crippen LogP contribution is 2.42. The second-order valence-electron chi connectivity index (χ2n) is 9.64. The lowest BCUT2D eigenvalue weighted by atomic mass is 9.69. The van der Waals surface area contributed by atoms with E-state index in [-0.39, 0.29) is 11.2 Å². The van der Waals surface area contributed by atoms with Crippen LogP contribution in [0.2, 0.25) is 0 Å². The lowest BCUT2D eigenvalue weighted by Crippen LogP contribution is -2.42. The van der Waals surface area contributed by atoms with Gasteiger partial charge in [0.05, 0.1) is 25.1 Å². The number of hydrogen-bond acceptors (Lipinski definition) is 5. The SMILES string of the molecule is COc1ccccc1[C@]1(C#N)CC[C@@H](NCCCn2c(=O)c(C)cn(Cc3ccccc3)c2=O)CC1. The predicted octanol–water partition coefficient (Wildman–Crippen LogP) is 3.76. The Bertz CT molecular complexity index is 1330. The minimum absolute atomic E-state index is 0.224. The van der Waals surface area contributed by atoms with Crippen LogP contribution in [-0.4, -0.2) is 28.8 Å². The molecule has 1 N–H and O–H groups in total. The van der Waals surface area contributed by atoms with Gasteiger partial charge in [0.2, 0.25) is 0 Å². The molecule has 0 unspecified atom stereocenters. The third-order valence-electron chi connectivity index (χ3n) is 7.27. The number of para-hydroxylation sites is 1. The highest BCUT2D eigenvalue weighted by molar-refractivity contribution is 5.44. The van der Waals surface area contributed by atoms with Crippen molar-refractivity contribution in [2.75, 3.05) is 13.7 Å². The summed E-state index contributed by atoms with van der Waals surface area (Å²) in [6.07, 6.45) is 5.64. The smallest absolute Gasteiger partial charge is 0.331 e. The van der Waals surface area contributed by atoms with Crippen molar-refractivity contribution in [1.82, 2.24) is 14.5 Å². The molecule has 0 amide bonds. The lowest BCUT2D eigenvalue weighted by Gasteiger charge is -2.36. The Morgan fingerprint density at radius 3 is 2.47 bits per heavy atom. The molecule has 1 aliphatic rings. The number of rotatable bonds is 9. The molecule has 7 heteroatoms. The van der Waals surface area contributed by atoms with Crippen molar-refractivity contribution in [3.63, 3.8) is 0 Å². The maximum absolute atomic E-state index is 13.0. The molecular formula is C29H34N4O3. The van der Waals surface area contributed by atoms with Gasteiger partial charge in [-0.05, 0) is 57.2 Å². The van der Waals surface area contributed by atoms with Gasteiger partial charge >= 0.3 is 5.69 Å². The van der Waals surface area contributed by atoms with Gasteiger partial charge in [0.1, 0.15) is 5.75 Å². The number of nitriles is 1. The van der Waals surface area contributed by atoms with Crippen molar-refractivity contribution in [3.05, 3.63) is 98.3 Å². The van der Waals surface area contributed by atoms with Crippen molar-refractivity contribution in [2.45, 2.75) is 63.6 Å². The molecule has 0 saturated heterocycles. The Morgan fingerprint density at radius 1 is 1.08 bits per heavy atom. The lowest BCUT2D eigenvalue weighted by molar-refractivity contribution is 0.286. The second kappa shape index (κ2) is 11.4. The first-order valence-corrected chi connectivity index (χ1v) is 12.6. The molecule has 36 heavy (non-hydrogen) atoms. The number of ether oxygens (including phenoxy) is 1.